The number of hydrogen-bond donors (Lipinski definition) is 2. The molecule has 1 unspecified atom stereocenters. The highest BCUT2D eigenvalue weighted by Gasteiger charge is 2.14. The van der Waals surface area contributed by atoms with Crippen molar-refractivity contribution in [1.82, 2.24) is 0 Å². The first-order valence-corrected chi connectivity index (χ1v) is 8.38. The molecule has 0 heterocycles. The standard InChI is InChI=1S/C9H18O2.C8H14O4/c1-4-5-6-7-9(10)11-8(2)3;1-2-6(8(11)12)4-3-5-7(9)10/h8H,4-7H2,1-3H3;6H,2-5H2,1H3,(H,9,10)(H,11,12). The Morgan fingerprint density at radius 2 is 1.57 bits per heavy atom. The van der Waals surface area contributed by atoms with Gasteiger partial charge >= 0.3 is 17.9 Å². The first kappa shape index (κ1) is 23.7. The largest absolute Gasteiger partial charge is 0.481 e. The minimum atomic E-state index is -0.866. The maximum Gasteiger partial charge on any atom is 0.306 e. The molecule has 6 nitrogen and oxygen atoms in total. The Kier molecular flexibility index (Phi) is 15.8. The number of rotatable bonds is 11. The van der Waals surface area contributed by atoms with Crippen molar-refractivity contribution in [2.24, 2.45) is 5.92 Å². The molecule has 6 heteroatoms. The van der Waals surface area contributed by atoms with E-state index in [9.17, 15) is 14.4 Å². The van der Waals surface area contributed by atoms with Gasteiger partial charge in [-0.05, 0) is 39.5 Å². The van der Waals surface area contributed by atoms with E-state index < -0.39 is 11.9 Å². The van der Waals surface area contributed by atoms with E-state index in [1.807, 2.05) is 13.8 Å². The highest BCUT2D eigenvalue weighted by molar-refractivity contribution is 5.70. The molecule has 0 aliphatic heterocycles. The van der Waals surface area contributed by atoms with Crippen LogP contribution in [0, 0.1) is 5.92 Å². The topological polar surface area (TPSA) is 101 Å². The molecule has 0 bridgehead atoms. The number of esters is 1. The van der Waals surface area contributed by atoms with Crippen molar-refractivity contribution in [2.75, 3.05) is 0 Å². The number of ether oxygens (including phenoxy) is 1. The van der Waals surface area contributed by atoms with E-state index in [2.05, 4.69) is 6.92 Å². The van der Waals surface area contributed by atoms with E-state index in [0.717, 1.165) is 19.3 Å². The number of carboxylic acid groups (broad SMARTS) is 2. The summed E-state index contributed by atoms with van der Waals surface area (Å²) >= 11 is 0. The molecule has 0 rings (SSSR count). The number of hydrogen-bond acceptors (Lipinski definition) is 4. The maximum atomic E-state index is 10.9. The van der Waals surface area contributed by atoms with Gasteiger partial charge in [-0.15, -0.1) is 0 Å². The van der Waals surface area contributed by atoms with Crippen molar-refractivity contribution in [3.8, 4) is 0 Å². The molecule has 136 valence electrons. The van der Waals surface area contributed by atoms with Gasteiger partial charge in [-0.25, -0.2) is 0 Å². The zero-order valence-corrected chi connectivity index (χ0v) is 14.8. The summed E-state index contributed by atoms with van der Waals surface area (Å²) in [6, 6.07) is 0. The quantitative estimate of drug-likeness (QED) is 0.440. The van der Waals surface area contributed by atoms with Crippen molar-refractivity contribution in [3.05, 3.63) is 0 Å². The Labute approximate surface area is 139 Å². The van der Waals surface area contributed by atoms with Crippen LogP contribution in [0.1, 0.15) is 79.1 Å². The average molecular weight is 332 g/mol. The smallest absolute Gasteiger partial charge is 0.306 e. The number of unbranched alkanes of at least 4 members (excludes halogenated alkanes) is 2. The van der Waals surface area contributed by atoms with Crippen LogP contribution in [0.2, 0.25) is 0 Å². The van der Waals surface area contributed by atoms with Crippen molar-refractivity contribution in [3.63, 3.8) is 0 Å². The van der Waals surface area contributed by atoms with Crippen molar-refractivity contribution in [1.29, 1.82) is 0 Å². The highest BCUT2D eigenvalue weighted by atomic mass is 16.5. The van der Waals surface area contributed by atoms with E-state index in [1.165, 1.54) is 0 Å². The predicted molar refractivity (Wildman–Crippen MR) is 88.3 cm³/mol. The van der Waals surface area contributed by atoms with E-state index in [0.29, 0.717) is 25.7 Å². The summed E-state index contributed by atoms with van der Waals surface area (Å²) in [6.45, 7) is 7.66. The van der Waals surface area contributed by atoms with Crippen LogP contribution in [-0.2, 0) is 19.1 Å². The van der Waals surface area contributed by atoms with Gasteiger partial charge in [0.15, 0.2) is 0 Å². The van der Waals surface area contributed by atoms with Crippen LogP contribution in [0.15, 0.2) is 0 Å². The van der Waals surface area contributed by atoms with Gasteiger partial charge in [0, 0.05) is 12.8 Å². The zero-order chi connectivity index (χ0) is 18.3. The van der Waals surface area contributed by atoms with Crippen LogP contribution < -0.4 is 0 Å². The van der Waals surface area contributed by atoms with Gasteiger partial charge in [-0.1, -0.05) is 26.7 Å². The zero-order valence-electron chi connectivity index (χ0n) is 14.8. The summed E-state index contributed by atoms with van der Waals surface area (Å²) in [5, 5.41) is 16.9. The second kappa shape index (κ2) is 15.3. The third kappa shape index (κ3) is 18.4. The van der Waals surface area contributed by atoms with Crippen LogP contribution in [0.25, 0.3) is 0 Å². The lowest BCUT2D eigenvalue weighted by molar-refractivity contribution is -0.147. The Morgan fingerprint density at radius 1 is 0.957 bits per heavy atom. The van der Waals surface area contributed by atoms with Gasteiger partial charge in [0.1, 0.15) is 0 Å². The van der Waals surface area contributed by atoms with Gasteiger partial charge in [-0.3, -0.25) is 14.4 Å². The first-order valence-electron chi connectivity index (χ1n) is 8.38. The van der Waals surface area contributed by atoms with E-state index in [1.54, 1.807) is 6.92 Å². The summed E-state index contributed by atoms with van der Waals surface area (Å²) in [7, 11) is 0. The highest BCUT2D eigenvalue weighted by Crippen LogP contribution is 2.12. The first-order chi connectivity index (χ1) is 10.7. The van der Waals surface area contributed by atoms with E-state index in [4.69, 9.17) is 14.9 Å². The molecule has 0 aromatic carbocycles. The van der Waals surface area contributed by atoms with Crippen LogP contribution in [-0.4, -0.2) is 34.2 Å². The molecule has 23 heavy (non-hydrogen) atoms. The molecular formula is C17H32O6. The monoisotopic (exact) mass is 332 g/mol. The number of carbonyl (C=O) groups is 3. The SMILES string of the molecule is CCC(CCCC(=O)O)C(=O)O.CCCCCC(=O)OC(C)C. The summed E-state index contributed by atoms with van der Waals surface area (Å²) < 4.78 is 4.96. The van der Waals surface area contributed by atoms with Gasteiger partial charge < -0.3 is 14.9 Å². The van der Waals surface area contributed by atoms with Gasteiger partial charge in [0.05, 0.1) is 12.0 Å². The lowest BCUT2D eigenvalue weighted by Crippen LogP contribution is -2.12. The molecule has 0 aliphatic carbocycles. The van der Waals surface area contributed by atoms with Crippen LogP contribution >= 0.6 is 0 Å². The normalized spacial score (nSPS) is 11.3. The van der Waals surface area contributed by atoms with Gasteiger partial charge in [0.2, 0.25) is 0 Å². The third-order valence-electron chi connectivity index (χ3n) is 3.14. The molecule has 0 aromatic rings. The lowest BCUT2D eigenvalue weighted by Gasteiger charge is -2.07. The van der Waals surface area contributed by atoms with Gasteiger partial charge in [0.25, 0.3) is 0 Å². The molecule has 0 saturated carbocycles. The average Bonchev–Trinajstić information content (AvgIpc) is 2.43. The van der Waals surface area contributed by atoms with E-state index in [-0.39, 0.29) is 24.4 Å². The summed E-state index contributed by atoms with van der Waals surface area (Å²) in [5.74, 6) is -2.14. The fourth-order valence-corrected chi connectivity index (χ4v) is 1.84. The molecule has 2 N–H and O–H groups in total. The Hall–Kier alpha value is -1.59. The van der Waals surface area contributed by atoms with Crippen molar-refractivity contribution < 1.29 is 29.3 Å². The number of carboxylic acids is 2. The minimum absolute atomic E-state index is 0.0316. The molecular weight excluding hydrogens is 300 g/mol. The summed E-state index contributed by atoms with van der Waals surface area (Å²) in [6.07, 6.45) is 5.36. The van der Waals surface area contributed by atoms with Crippen LogP contribution in [0.3, 0.4) is 0 Å². The fraction of sp³-hybridized carbons (Fsp3) is 0.824. The second-order valence-electron chi connectivity index (χ2n) is 5.73. The third-order valence-corrected chi connectivity index (χ3v) is 3.14. The Bertz CT molecular complexity index is 338. The Balaban J connectivity index is 0. The van der Waals surface area contributed by atoms with Gasteiger partial charge in [-0.2, -0.15) is 0 Å². The van der Waals surface area contributed by atoms with Crippen molar-refractivity contribution >= 4 is 17.9 Å². The maximum absolute atomic E-state index is 10.9. The molecule has 0 radical (unpaired) electrons. The summed E-state index contributed by atoms with van der Waals surface area (Å²) in [5.41, 5.74) is 0. The molecule has 0 saturated heterocycles. The second-order valence-corrected chi connectivity index (χ2v) is 5.73. The predicted octanol–water partition coefficient (Wildman–Crippen LogP) is 3.87. The summed E-state index contributed by atoms with van der Waals surface area (Å²) in [4.78, 5) is 31.5. The van der Waals surface area contributed by atoms with Crippen molar-refractivity contribution in [2.45, 2.75) is 85.2 Å². The minimum Gasteiger partial charge on any atom is -0.481 e. The van der Waals surface area contributed by atoms with E-state index >= 15 is 0 Å². The molecule has 1 atom stereocenters. The van der Waals surface area contributed by atoms with Crippen LogP contribution in [0.4, 0.5) is 0 Å². The number of aliphatic carboxylic acids is 2. The van der Waals surface area contributed by atoms with Crippen LogP contribution in [0.5, 0.6) is 0 Å². The fourth-order valence-electron chi connectivity index (χ4n) is 1.84. The lowest BCUT2D eigenvalue weighted by atomic mass is 10.00. The Morgan fingerprint density at radius 3 is 1.96 bits per heavy atom. The molecule has 0 spiro atoms. The molecule has 0 aliphatic rings. The number of carbonyl (C=O) groups excluding carboxylic acids is 1. The molecule has 0 amide bonds. The molecule has 0 aromatic heterocycles. The molecule has 0 fully saturated rings.